The minimum absolute atomic E-state index is 0.110. The second kappa shape index (κ2) is 6.05. The van der Waals surface area contributed by atoms with Gasteiger partial charge in [0.25, 0.3) is 5.91 Å². The molecule has 0 unspecified atom stereocenters. The summed E-state index contributed by atoms with van der Waals surface area (Å²) in [4.78, 5) is 14.3. The van der Waals surface area contributed by atoms with Crippen molar-refractivity contribution in [2.24, 2.45) is 0 Å². The summed E-state index contributed by atoms with van der Waals surface area (Å²) < 4.78 is 5.43. The number of carbonyl (C=O) groups is 1. The van der Waals surface area contributed by atoms with Crippen LogP contribution in [-0.2, 0) is 6.42 Å². The van der Waals surface area contributed by atoms with Gasteiger partial charge in [-0.25, -0.2) is 0 Å². The lowest BCUT2D eigenvalue weighted by Gasteiger charge is -2.23. The zero-order chi connectivity index (χ0) is 13.0. The molecule has 4 heteroatoms. The Morgan fingerprint density at radius 2 is 2.17 bits per heavy atom. The molecule has 4 nitrogen and oxygen atoms in total. The topological polar surface area (TPSA) is 45.5 Å². The first-order valence-electron chi connectivity index (χ1n) is 6.81. The zero-order valence-corrected chi connectivity index (χ0v) is 11.2. The maximum atomic E-state index is 11.9. The maximum Gasteiger partial charge on any atom is 0.287 e. The molecule has 1 aliphatic heterocycles. The minimum atomic E-state index is -0.110. The quantitative estimate of drug-likeness (QED) is 0.870. The van der Waals surface area contributed by atoms with Gasteiger partial charge in [-0.1, -0.05) is 6.92 Å². The van der Waals surface area contributed by atoms with Crippen LogP contribution >= 0.6 is 0 Å². The van der Waals surface area contributed by atoms with E-state index in [9.17, 15) is 4.79 Å². The zero-order valence-electron chi connectivity index (χ0n) is 11.2. The molecule has 100 valence electrons. The van der Waals surface area contributed by atoms with Crippen LogP contribution in [-0.4, -0.2) is 36.5 Å². The number of likely N-dealkylation sites (tertiary alicyclic amines) is 1. The lowest BCUT2D eigenvalue weighted by molar-refractivity contribution is 0.0911. The predicted molar refractivity (Wildman–Crippen MR) is 70.7 cm³/mol. The average Bonchev–Trinajstić information content (AvgIpc) is 3.05. The van der Waals surface area contributed by atoms with Crippen LogP contribution in [0.15, 0.2) is 16.5 Å². The van der Waals surface area contributed by atoms with Crippen LogP contribution in [0.1, 0.15) is 43.0 Å². The molecular formula is C14H22N2O2. The Hall–Kier alpha value is -1.29. The summed E-state index contributed by atoms with van der Waals surface area (Å²) in [6.07, 6.45) is 3.37. The first-order chi connectivity index (χ1) is 8.70. The lowest BCUT2D eigenvalue weighted by atomic mass is 10.3. The van der Waals surface area contributed by atoms with Crippen molar-refractivity contribution >= 4 is 5.91 Å². The fourth-order valence-electron chi connectivity index (χ4n) is 2.33. The molecule has 0 saturated carbocycles. The molecule has 2 rings (SSSR count). The standard InChI is InChI=1S/C14H22N2O2/c1-3-12-6-7-13(18-12)14(17)15-10-11(2)16-8-4-5-9-16/h6-7,11H,3-5,8-10H2,1-2H3,(H,15,17)/t11-/m0/s1. The second-order valence-corrected chi connectivity index (χ2v) is 4.92. The molecule has 2 heterocycles. The number of carbonyl (C=O) groups excluding carboxylic acids is 1. The van der Waals surface area contributed by atoms with Crippen LogP contribution in [0.4, 0.5) is 0 Å². The Labute approximate surface area is 108 Å². The molecule has 0 bridgehead atoms. The summed E-state index contributed by atoms with van der Waals surface area (Å²) in [6.45, 7) is 7.15. The van der Waals surface area contributed by atoms with Crippen molar-refractivity contribution in [2.75, 3.05) is 19.6 Å². The first-order valence-corrected chi connectivity index (χ1v) is 6.81. The second-order valence-electron chi connectivity index (χ2n) is 4.92. The molecule has 1 aliphatic rings. The van der Waals surface area contributed by atoms with Crippen LogP contribution in [0.3, 0.4) is 0 Å². The summed E-state index contributed by atoms with van der Waals surface area (Å²) >= 11 is 0. The summed E-state index contributed by atoms with van der Waals surface area (Å²) in [5.41, 5.74) is 0. The molecule has 1 aromatic rings. The van der Waals surface area contributed by atoms with Crippen molar-refractivity contribution in [1.82, 2.24) is 10.2 Å². The Kier molecular flexibility index (Phi) is 4.42. The summed E-state index contributed by atoms with van der Waals surface area (Å²) in [5.74, 6) is 1.16. The average molecular weight is 250 g/mol. The van der Waals surface area contributed by atoms with Crippen LogP contribution in [0.25, 0.3) is 0 Å². The third-order valence-electron chi connectivity index (χ3n) is 3.56. The summed E-state index contributed by atoms with van der Waals surface area (Å²) in [7, 11) is 0. The van der Waals surface area contributed by atoms with Crippen molar-refractivity contribution in [3.63, 3.8) is 0 Å². The van der Waals surface area contributed by atoms with E-state index in [1.807, 2.05) is 13.0 Å². The molecule has 1 atom stereocenters. The molecule has 18 heavy (non-hydrogen) atoms. The first kappa shape index (κ1) is 13.1. The Balaban J connectivity index is 1.80. The van der Waals surface area contributed by atoms with E-state index in [-0.39, 0.29) is 5.91 Å². The van der Waals surface area contributed by atoms with Gasteiger partial charge in [0.2, 0.25) is 0 Å². The molecule has 1 N–H and O–H groups in total. The fourth-order valence-corrected chi connectivity index (χ4v) is 2.33. The molecule has 0 spiro atoms. The summed E-state index contributed by atoms with van der Waals surface area (Å²) in [5, 5.41) is 2.94. The van der Waals surface area contributed by atoms with Gasteiger partial charge in [0.05, 0.1) is 0 Å². The van der Waals surface area contributed by atoms with Crippen molar-refractivity contribution in [3.8, 4) is 0 Å². The van der Waals surface area contributed by atoms with Gasteiger partial charge in [-0.3, -0.25) is 9.69 Å². The molecule has 0 aromatic carbocycles. The van der Waals surface area contributed by atoms with Crippen LogP contribution in [0.5, 0.6) is 0 Å². The molecule has 0 radical (unpaired) electrons. The number of hydrogen-bond acceptors (Lipinski definition) is 3. The third-order valence-corrected chi connectivity index (χ3v) is 3.56. The van der Waals surface area contributed by atoms with E-state index < -0.39 is 0 Å². The van der Waals surface area contributed by atoms with Gasteiger partial charge in [0.1, 0.15) is 5.76 Å². The highest BCUT2D eigenvalue weighted by molar-refractivity contribution is 5.91. The highest BCUT2D eigenvalue weighted by Gasteiger charge is 2.19. The number of aryl methyl sites for hydroxylation is 1. The number of nitrogens with one attached hydrogen (secondary N) is 1. The van der Waals surface area contributed by atoms with Gasteiger partial charge in [-0.05, 0) is 45.0 Å². The SMILES string of the molecule is CCc1ccc(C(=O)NC[C@H](C)N2CCCC2)o1. The van der Waals surface area contributed by atoms with Gasteiger partial charge in [-0.2, -0.15) is 0 Å². The van der Waals surface area contributed by atoms with Gasteiger partial charge in [0, 0.05) is 19.0 Å². The van der Waals surface area contributed by atoms with E-state index in [0.29, 0.717) is 18.3 Å². The van der Waals surface area contributed by atoms with Gasteiger partial charge < -0.3 is 9.73 Å². The Morgan fingerprint density at radius 3 is 2.78 bits per heavy atom. The van der Waals surface area contributed by atoms with E-state index >= 15 is 0 Å². The fraction of sp³-hybridized carbons (Fsp3) is 0.643. The van der Waals surface area contributed by atoms with E-state index in [0.717, 1.165) is 25.3 Å². The van der Waals surface area contributed by atoms with Crippen LogP contribution in [0.2, 0.25) is 0 Å². The van der Waals surface area contributed by atoms with E-state index in [1.54, 1.807) is 6.07 Å². The molecule has 1 fully saturated rings. The van der Waals surface area contributed by atoms with Crippen LogP contribution < -0.4 is 5.32 Å². The van der Waals surface area contributed by atoms with Gasteiger partial charge in [0.15, 0.2) is 5.76 Å². The predicted octanol–water partition coefficient (Wildman–Crippen LogP) is 2.06. The van der Waals surface area contributed by atoms with E-state index in [2.05, 4.69) is 17.1 Å². The minimum Gasteiger partial charge on any atom is -0.456 e. The van der Waals surface area contributed by atoms with Gasteiger partial charge >= 0.3 is 0 Å². The number of nitrogens with zero attached hydrogens (tertiary/aromatic N) is 1. The Bertz CT molecular complexity index is 394. The Morgan fingerprint density at radius 1 is 1.44 bits per heavy atom. The van der Waals surface area contributed by atoms with Crippen molar-refractivity contribution in [2.45, 2.75) is 39.2 Å². The molecule has 1 aromatic heterocycles. The molecular weight excluding hydrogens is 228 g/mol. The number of rotatable bonds is 5. The normalized spacial score (nSPS) is 17.9. The molecule has 1 amide bonds. The van der Waals surface area contributed by atoms with E-state index in [4.69, 9.17) is 4.42 Å². The van der Waals surface area contributed by atoms with Crippen molar-refractivity contribution in [1.29, 1.82) is 0 Å². The number of furan rings is 1. The highest BCUT2D eigenvalue weighted by atomic mass is 16.3. The molecule has 0 aliphatic carbocycles. The maximum absolute atomic E-state index is 11.9. The third kappa shape index (κ3) is 3.13. The smallest absolute Gasteiger partial charge is 0.287 e. The lowest BCUT2D eigenvalue weighted by Crippen LogP contribution is -2.40. The molecule has 1 saturated heterocycles. The van der Waals surface area contributed by atoms with Crippen molar-refractivity contribution in [3.05, 3.63) is 23.7 Å². The number of amides is 1. The monoisotopic (exact) mass is 250 g/mol. The van der Waals surface area contributed by atoms with Crippen LogP contribution in [0, 0.1) is 0 Å². The van der Waals surface area contributed by atoms with E-state index in [1.165, 1.54) is 12.8 Å². The van der Waals surface area contributed by atoms with Gasteiger partial charge in [-0.15, -0.1) is 0 Å². The number of hydrogen-bond donors (Lipinski definition) is 1. The van der Waals surface area contributed by atoms with Crippen molar-refractivity contribution < 1.29 is 9.21 Å². The summed E-state index contributed by atoms with van der Waals surface area (Å²) in [6, 6.07) is 4.00. The largest absolute Gasteiger partial charge is 0.456 e. The highest BCUT2D eigenvalue weighted by Crippen LogP contribution is 2.11.